The number of amides is 2. The number of aromatic nitrogens is 2. The molecular formula is C23H27N5O4. The maximum atomic E-state index is 12.1. The number of nitrogens with zero attached hydrogens (tertiary/aromatic N) is 3. The van der Waals surface area contributed by atoms with Gasteiger partial charge in [-0.1, -0.05) is 0 Å². The van der Waals surface area contributed by atoms with Crippen molar-refractivity contribution in [3.05, 3.63) is 29.8 Å². The van der Waals surface area contributed by atoms with E-state index in [9.17, 15) is 4.79 Å². The molecule has 4 aliphatic rings. The van der Waals surface area contributed by atoms with E-state index >= 15 is 0 Å². The molecule has 3 fully saturated rings. The van der Waals surface area contributed by atoms with E-state index in [1.165, 1.54) is 0 Å². The summed E-state index contributed by atoms with van der Waals surface area (Å²) in [4.78, 5) is 24.3. The number of hydrogen-bond acceptors (Lipinski definition) is 7. The zero-order chi connectivity index (χ0) is 21.5. The maximum absolute atomic E-state index is 12.1. The van der Waals surface area contributed by atoms with Crippen molar-refractivity contribution in [2.24, 2.45) is 0 Å². The third-order valence-corrected chi connectivity index (χ3v) is 6.62. The molecule has 2 N–H and O–H groups in total. The summed E-state index contributed by atoms with van der Waals surface area (Å²) in [5, 5.41) is 5.73. The predicted octanol–water partition coefficient (Wildman–Crippen LogP) is 2.36. The summed E-state index contributed by atoms with van der Waals surface area (Å²) in [7, 11) is 0. The Hall–Kier alpha value is -2.91. The summed E-state index contributed by atoms with van der Waals surface area (Å²) < 4.78 is 16.8. The molecular weight excluding hydrogens is 410 g/mol. The number of ether oxygens (including phenoxy) is 3. The molecule has 0 radical (unpaired) electrons. The number of carbonyl (C=O) groups is 1. The topological polar surface area (TPSA) is 97.8 Å². The molecule has 2 amide bonds. The maximum Gasteiger partial charge on any atom is 0.319 e. The molecule has 2 atom stereocenters. The van der Waals surface area contributed by atoms with Crippen molar-refractivity contribution in [3.63, 3.8) is 0 Å². The fourth-order valence-corrected chi connectivity index (χ4v) is 4.90. The molecule has 2 bridgehead atoms. The number of carbonyl (C=O) groups excluding carboxylic acids is 1. The monoisotopic (exact) mass is 437 g/mol. The molecule has 2 aromatic rings. The summed E-state index contributed by atoms with van der Waals surface area (Å²) >= 11 is 0. The average Bonchev–Trinajstić information content (AvgIpc) is 3.03. The first-order valence-corrected chi connectivity index (χ1v) is 11.4. The fraction of sp³-hybridized carbons (Fsp3) is 0.522. The van der Waals surface area contributed by atoms with Gasteiger partial charge in [-0.25, -0.2) is 9.78 Å². The van der Waals surface area contributed by atoms with Gasteiger partial charge in [0.25, 0.3) is 0 Å². The normalized spacial score (nSPS) is 24.3. The number of rotatable bonds is 4. The largest absolute Gasteiger partial charge is 0.477 e. The minimum Gasteiger partial charge on any atom is -0.477 e. The van der Waals surface area contributed by atoms with Gasteiger partial charge in [0.2, 0.25) is 5.88 Å². The van der Waals surface area contributed by atoms with Crippen LogP contribution in [0.15, 0.2) is 24.3 Å². The summed E-state index contributed by atoms with van der Waals surface area (Å²) in [6, 6.07) is 8.21. The highest BCUT2D eigenvalue weighted by Gasteiger charge is 2.40. The molecule has 4 aliphatic heterocycles. The summed E-state index contributed by atoms with van der Waals surface area (Å²) in [6.07, 6.45) is 4.19. The lowest BCUT2D eigenvalue weighted by molar-refractivity contribution is 0.000735. The van der Waals surface area contributed by atoms with Crippen molar-refractivity contribution in [3.8, 4) is 17.3 Å². The molecule has 6 rings (SSSR count). The van der Waals surface area contributed by atoms with Gasteiger partial charge in [0.05, 0.1) is 56.7 Å². The van der Waals surface area contributed by atoms with Gasteiger partial charge in [0.1, 0.15) is 5.82 Å². The van der Waals surface area contributed by atoms with E-state index in [4.69, 9.17) is 24.2 Å². The van der Waals surface area contributed by atoms with Crippen LogP contribution in [0.4, 0.5) is 16.3 Å². The molecule has 3 saturated heterocycles. The minimum absolute atomic E-state index is 0.0899. The van der Waals surface area contributed by atoms with Crippen LogP contribution in [0.25, 0.3) is 11.4 Å². The third kappa shape index (κ3) is 3.65. The number of anilines is 2. The molecule has 1 aromatic heterocycles. The van der Waals surface area contributed by atoms with E-state index in [1.807, 2.05) is 24.3 Å². The van der Waals surface area contributed by atoms with Crippen LogP contribution in [0.1, 0.15) is 24.8 Å². The Labute approximate surface area is 186 Å². The Morgan fingerprint density at radius 1 is 1.00 bits per heavy atom. The van der Waals surface area contributed by atoms with Crippen molar-refractivity contribution in [2.45, 2.75) is 43.8 Å². The van der Waals surface area contributed by atoms with Crippen molar-refractivity contribution >= 4 is 17.5 Å². The van der Waals surface area contributed by atoms with Crippen LogP contribution in [-0.4, -0.2) is 67.2 Å². The van der Waals surface area contributed by atoms with Crippen molar-refractivity contribution in [2.75, 3.05) is 43.3 Å². The van der Waals surface area contributed by atoms with E-state index in [-0.39, 0.29) is 12.1 Å². The standard InChI is InChI=1S/C23H27N5O4/c29-23(25-16-10-30-11-16)24-15-5-3-14(4-6-15)20-26-21(19-2-1-9-32-22(19)27-20)28-17-7-8-18(28)13-31-12-17/h3-6,16-18H,1-2,7-13H2,(H2,24,25,29)/t17-,18+. The van der Waals surface area contributed by atoms with Gasteiger partial charge in [-0.15, -0.1) is 0 Å². The molecule has 0 spiro atoms. The quantitative estimate of drug-likeness (QED) is 0.758. The van der Waals surface area contributed by atoms with Crippen molar-refractivity contribution in [1.29, 1.82) is 0 Å². The predicted molar refractivity (Wildman–Crippen MR) is 118 cm³/mol. The number of nitrogens with one attached hydrogen (secondary N) is 2. The molecule has 0 aliphatic carbocycles. The fourth-order valence-electron chi connectivity index (χ4n) is 4.90. The molecule has 1 aromatic carbocycles. The van der Waals surface area contributed by atoms with Crippen molar-refractivity contribution in [1.82, 2.24) is 15.3 Å². The van der Waals surface area contributed by atoms with E-state index in [0.29, 0.717) is 49.3 Å². The number of urea groups is 1. The average molecular weight is 438 g/mol. The van der Waals surface area contributed by atoms with E-state index in [2.05, 4.69) is 15.5 Å². The van der Waals surface area contributed by atoms with Gasteiger partial charge >= 0.3 is 6.03 Å². The van der Waals surface area contributed by atoms with Crippen LogP contribution in [0.3, 0.4) is 0 Å². The van der Waals surface area contributed by atoms with Gasteiger partial charge in [-0.2, -0.15) is 4.98 Å². The second-order valence-corrected chi connectivity index (χ2v) is 8.85. The Bertz CT molecular complexity index is 994. The Kier molecular flexibility index (Phi) is 5.07. The molecule has 168 valence electrons. The van der Waals surface area contributed by atoms with Gasteiger partial charge in [-0.05, 0) is 49.9 Å². The second-order valence-electron chi connectivity index (χ2n) is 8.85. The van der Waals surface area contributed by atoms with E-state index in [1.54, 1.807) is 0 Å². The van der Waals surface area contributed by atoms with E-state index < -0.39 is 0 Å². The van der Waals surface area contributed by atoms with Gasteiger partial charge in [-0.3, -0.25) is 0 Å². The Morgan fingerprint density at radius 2 is 1.75 bits per heavy atom. The number of fused-ring (bicyclic) bond motifs is 3. The zero-order valence-electron chi connectivity index (χ0n) is 17.9. The highest BCUT2D eigenvalue weighted by Crippen LogP contribution is 2.40. The zero-order valence-corrected chi connectivity index (χ0v) is 17.9. The molecule has 0 saturated carbocycles. The minimum atomic E-state index is -0.227. The van der Waals surface area contributed by atoms with Gasteiger partial charge in [0.15, 0.2) is 5.82 Å². The summed E-state index contributed by atoms with van der Waals surface area (Å²) in [5.74, 6) is 2.35. The lowest BCUT2D eigenvalue weighted by Crippen LogP contribution is -2.49. The Morgan fingerprint density at radius 3 is 2.47 bits per heavy atom. The third-order valence-electron chi connectivity index (χ3n) is 6.62. The lowest BCUT2D eigenvalue weighted by atomic mass is 10.1. The highest BCUT2D eigenvalue weighted by molar-refractivity contribution is 5.89. The highest BCUT2D eigenvalue weighted by atomic mass is 16.5. The second kappa shape index (κ2) is 8.22. The van der Waals surface area contributed by atoms with Crippen LogP contribution >= 0.6 is 0 Å². The SMILES string of the molecule is O=C(Nc1ccc(-c2nc3c(c(N4[C@@H]5CC[C@H]4COC5)n2)CCCO3)cc1)NC1COC1. The smallest absolute Gasteiger partial charge is 0.319 e. The first-order chi connectivity index (χ1) is 15.7. The molecule has 9 heteroatoms. The molecule has 5 heterocycles. The van der Waals surface area contributed by atoms with Crippen LogP contribution in [0, 0.1) is 0 Å². The first-order valence-electron chi connectivity index (χ1n) is 11.4. The van der Waals surface area contributed by atoms with Gasteiger partial charge in [0, 0.05) is 11.3 Å². The molecule has 0 unspecified atom stereocenters. The summed E-state index contributed by atoms with van der Waals surface area (Å²) in [5.41, 5.74) is 2.73. The summed E-state index contributed by atoms with van der Waals surface area (Å²) in [6.45, 7) is 3.32. The van der Waals surface area contributed by atoms with Crippen LogP contribution in [0.5, 0.6) is 5.88 Å². The van der Waals surface area contributed by atoms with Crippen LogP contribution in [-0.2, 0) is 15.9 Å². The van der Waals surface area contributed by atoms with Crippen molar-refractivity contribution < 1.29 is 19.0 Å². The van der Waals surface area contributed by atoms with Crippen LogP contribution < -0.4 is 20.3 Å². The van der Waals surface area contributed by atoms with E-state index in [0.717, 1.165) is 55.8 Å². The molecule has 32 heavy (non-hydrogen) atoms. The molecule has 9 nitrogen and oxygen atoms in total. The van der Waals surface area contributed by atoms with Crippen LogP contribution in [0.2, 0.25) is 0 Å². The number of benzene rings is 1. The Balaban J connectivity index is 1.27. The lowest BCUT2D eigenvalue weighted by Gasteiger charge is -2.37. The first kappa shape index (κ1) is 19.8. The van der Waals surface area contributed by atoms with Gasteiger partial charge < -0.3 is 29.7 Å². The number of morpholine rings is 1. The number of hydrogen-bond donors (Lipinski definition) is 2.